The number of hydrogen-bond donors (Lipinski definition) is 1. The van der Waals surface area contributed by atoms with Crippen LogP contribution in [-0.2, 0) is 30.4 Å². The van der Waals surface area contributed by atoms with E-state index in [0.717, 1.165) is 15.9 Å². The van der Waals surface area contributed by atoms with E-state index in [-0.39, 0.29) is 30.5 Å². The van der Waals surface area contributed by atoms with Crippen molar-refractivity contribution in [2.45, 2.75) is 71.8 Å². The summed E-state index contributed by atoms with van der Waals surface area (Å²) in [6, 6.07) is 25.8. The van der Waals surface area contributed by atoms with Gasteiger partial charge in [0.05, 0.1) is 13.0 Å². The van der Waals surface area contributed by atoms with Crippen molar-refractivity contribution in [3.05, 3.63) is 90.0 Å². The second-order valence-electron chi connectivity index (χ2n) is 14.2. The van der Waals surface area contributed by atoms with Gasteiger partial charge in [-0.25, -0.2) is 4.79 Å². The fraction of sp³-hybridized carbons (Fsp3) is 0.389. The number of carbonyl (C=O) groups excluding carboxylic acids is 3. The summed E-state index contributed by atoms with van der Waals surface area (Å²) in [6.45, 7) is 12.7. The number of rotatable bonds is 8. The lowest BCUT2D eigenvalue weighted by Crippen LogP contribution is -2.74. The second kappa shape index (κ2) is 12.5. The van der Waals surface area contributed by atoms with Gasteiger partial charge >= 0.3 is 11.9 Å². The quantitative estimate of drug-likeness (QED) is 0.287. The van der Waals surface area contributed by atoms with Crippen molar-refractivity contribution in [2.75, 3.05) is 18.1 Å². The molecule has 10 heteroatoms. The lowest BCUT2D eigenvalue weighted by Gasteiger charge is -2.49. The van der Waals surface area contributed by atoms with Gasteiger partial charge in [0.1, 0.15) is 0 Å². The van der Waals surface area contributed by atoms with Crippen molar-refractivity contribution in [3.63, 3.8) is 0 Å². The summed E-state index contributed by atoms with van der Waals surface area (Å²) < 4.78 is 12.9. The second-order valence-corrected chi connectivity index (χ2v) is 18.8. The van der Waals surface area contributed by atoms with Gasteiger partial charge in [-0.1, -0.05) is 102 Å². The molecule has 46 heavy (non-hydrogen) atoms. The molecule has 2 aliphatic heterocycles. The van der Waals surface area contributed by atoms with E-state index in [1.54, 1.807) is 12.1 Å². The summed E-state index contributed by atoms with van der Waals surface area (Å²) >= 11 is 0. The topological polar surface area (TPSA) is 113 Å². The van der Waals surface area contributed by atoms with E-state index < -0.39 is 43.7 Å². The molecule has 5 rings (SSSR count). The highest BCUT2D eigenvalue weighted by Crippen LogP contribution is 2.42. The number of aliphatic carboxylic acids is 1. The molecule has 0 aromatic heterocycles. The van der Waals surface area contributed by atoms with Crippen LogP contribution in [-0.4, -0.2) is 67.0 Å². The number of anilines is 1. The maximum atomic E-state index is 14.4. The Balaban J connectivity index is 1.49. The van der Waals surface area contributed by atoms with Crippen LogP contribution in [0.2, 0.25) is 5.04 Å². The molecule has 0 saturated carbocycles. The van der Waals surface area contributed by atoms with Gasteiger partial charge in [0, 0.05) is 24.3 Å². The number of carboxylic acids is 1. The molecule has 0 radical (unpaired) electrons. The third-order valence-electron chi connectivity index (χ3n) is 8.65. The summed E-state index contributed by atoms with van der Waals surface area (Å²) in [6.07, 6.45) is -3.30. The van der Waals surface area contributed by atoms with Gasteiger partial charge in [-0.05, 0) is 44.6 Å². The number of fused-ring (bicyclic) bond motifs is 1. The average Bonchev–Trinajstić information content (AvgIpc) is 3.31. The molecule has 0 unspecified atom stereocenters. The Hall–Kier alpha value is -4.28. The molecule has 1 saturated heterocycles. The van der Waals surface area contributed by atoms with Gasteiger partial charge in [0.25, 0.3) is 5.91 Å². The first-order chi connectivity index (χ1) is 21.6. The van der Waals surface area contributed by atoms with E-state index in [4.69, 9.17) is 9.47 Å². The zero-order valence-corrected chi connectivity index (χ0v) is 28.3. The van der Waals surface area contributed by atoms with E-state index in [0.29, 0.717) is 17.8 Å². The van der Waals surface area contributed by atoms with Crippen LogP contribution in [0.1, 0.15) is 63.9 Å². The van der Waals surface area contributed by atoms with Crippen LogP contribution in [0.4, 0.5) is 5.69 Å². The number of hydrogen-bond acceptors (Lipinski definition) is 6. The van der Waals surface area contributed by atoms with Crippen molar-refractivity contribution in [1.29, 1.82) is 0 Å². The standard InChI is InChI=1S/C36H42N2O7Si/c1-35(2,3)22-29(39)45-31(34(42)43)30-33(41)37(19-20-44-30)25-17-18-28-24(21-25)23-38(32(28)40)46(36(4,5)6,26-13-9-7-10-14-26)27-15-11-8-12-16-27/h7-18,21,30-31H,19-20,22-23H2,1-6H3,(H,42,43)/t30-,31-/m1/s1. The zero-order valence-electron chi connectivity index (χ0n) is 27.3. The number of amides is 2. The van der Waals surface area contributed by atoms with E-state index in [2.05, 4.69) is 49.6 Å². The lowest BCUT2D eigenvalue weighted by atomic mass is 9.92. The molecule has 9 nitrogen and oxygen atoms in total. The van der Waals surface area contributed by atoms with Crippen LogP contribution in [0.3, 0.4) is 0 Å². The zero-order chi connectivity index (χ0) is 33.4. The molecule has 0 aliphatic carbocycles. The first-order valence-corrected chi connectivity index (χ1v) is 17.5. The Bertz CT molecular complexity index is 1590. The molecular weight excluding hydrogens is 600 g/mol. The van der Waals surface area contributed by atoms with Crippen molar-refractivity contribution < 1.29 is 33.8 Å². The lowest BCUT2D eigenvalue weighted by molar-refractivity contribution is -0.179. The maximum absolute atomic E-state index is 14.4. The molecule has 0 spiro atoms. The third kappa shape index (κ3) is 6.11. The van der Waals surface area contributed by atoms with E-state index >= 15 is 0 Å². The molecule has 1 fully saturated rings. The number of benzene rings is 3. The fourth-order valence-electron chi connectivity index (χ4n) is 6.79. The average molecular weight is 643 g/mol. The van der Waals surface area contributed by atoms with Gasteiger partial charge in [-0.2, -0.15) is 0 Å². The summed E-state index contributed by atoms with van der Waals surface area (Å²) in [5, 5.41) is 11.9. The highest BCUT2D eigenvalue weighted by molar-refractivity contribution is 7.03. The fourth-order valence-corrected chi connectivity index (χ4v) is 12.5. The van der Waals surface area contributed by atoms with Crippen LogP contribution < -0.4 is 15.3 Å². The smallest absolute Gasteiger partial charge is 0.348 e. The summed E-state index contributed by atoms with van der Waals surface area (Å²) in [5.74, 6) is -2.84. The molecule has 2 heterocycles. The minimum absolute atomic E-state index is 0.0118. The van der Waals surface area contributed by atoms with Crippen molar-refractivity contribution in [3.8, 4) is 0 Å². The van der Waals surface area contributed by atoms with Crippen LogP contribution >= 0.6 is 0 Å². The SMILES string of the molecule is CC(C)(C)CC(=O)O[C@@H](C(=O)O)[C@H]1OCCN(c2ccc3c(c2)CN([Si](c2ccccc2)(c2ccccc2)C(C)(C)C)C3=O)C1=O. The monoisotopic (exact) mass is 642 g/mol. The molecular formula is C36H42N2O7Si. The number of ether oxygens (including phenoxy) is 2. The van der Waals surface area contributed by atoms with Crippen molar-refractivity contribution in [1.82, 2.24) is 4.57 Å². The first-order valence-electron chi connectivity index (χ1n) is 15.6. The summed E-state index contributed by atoms with van der Waals surface area (Å²) in [4.78, 5) is 54.2. The van der Waals surface area contributed by atoms with Crippen molar-refractivity contribution in [2.24, 2.45) is 5.41 Å². The molecule has 2 aliphatic rings. The largest absolute Gasteiger partial charge is 0.478 e. The Morgan fingerprint density at radius 2 is 1.52 bits per heavy atom. The van der Waals surface area contributed by atoms with Crippen LogP contribution in [0.25, 0.3) is 0 Å². The molecule has 3 aromatic rings. The summed E-state index contributed by atoms with van der Waals surface area (Å²) in [5.41, 5.74) is 1.47. The Kier molecular flexibility index (Phi) is 8.98. The highest BCUT2D eigenvalue weighted by Gasteiger charge is 2.56. The minimum atomic E-state index is -2.95. The minimum Gasteiger partial charge on any atom is -0.478 e. The van der Waals surface area contributed by atoms with Gasteiger partial charge in [0.15, 0.2) is 6.10 Å². The van der Waals surface area contributed by atoms with Gasteiger partial charge in [0.2, 0.25) is 20.2 Å². The van der Waals surface area contributed by atoms with E-state index in [1.165, 1.54) is 4.90 Å². The highest BCUT2D eigenvalue weighted by atomic mass is 28.3. The Morgan fingerprint density at radius 1 is 0.935 bits per heavy atom. The van der Waals surface area contributed by atoms with E-state index in [1.807, 2.05) is 63.2 Å². The number of morpholine rings is 1. The normalized spacial score (nSPS) is 17.9. The first kappa shape index (κ1) is 33.1. The number of esters is 1. The Labute approximate surface area is 271 Å². The maximum Gasteiger partial charge on any atom is 0.348 e. The van der Waals surface area contributed by atoms with Crippen LogP contribution in [0.15, 0.2) is 78.9 Å². The van der Waals surface area contributed by atoms with Gasteiger partial charge < -0.3 is 24.0 Å². The number of carboxylic acid groups (broad SMARTS) is 1. The molecule has 3 aromatic carbocycles. The molecule has 0 bridgehead atoms. The van der Waals surface area contributed by atoms with Crippen LogP contribution in [0.5, 0.6) is 0 Å². The Morgan fingerprint density at radius 3 is 2.04 bits per heavy atom. The molecule has 2 amide bonds. The van der Waals surface area contributed by atoms with Crippen molar-refractivity contribution >= 4 is 48.0 Å². The predicted octanol–water partition coefficient (Wildman–Crippen LogP) is 4.37. The summed E-state index contributed by atoms with van der Waals surface area (Å²) in [7, 11) is -2.95. The van der Waals surface area contributed by atoms with Crippen LogP contribution in [0, 0.1) is 5.41 Å². The van der Waals surface area contributed by atoms with E-state index in [9.17, 15) is 24.3 Å². The van der Waals surface area contributed by atoms with Gasteiger partial charge in [-0.3, -0.25) is 14.4 Å². The number of nitrogens with zero attached hydrogens (tertiary/aromatic N) is 2. The predicted molar refractivity (Wildman–Crippen MR) is 178 cm³/mol. The number of carbonyl (C=O) groups is 4. The molecule has 2 atom stereocenters. The molecule has 1 N–H and O–H groups in total. The third-order valence-corrected chi connectivity index (χ3v) is 14.3. The molecule has 242 valence electrons. The van der Waals surface area contributed by atoms with Gasteiger partial charge in [-0.15, -0.1) is 0 Å².